The minimum absolute atomic E-state index is 0.223. The van der Waals surface area contributed by atoms with Gasteiger partial charge >= 0.3 is 0 Å². The van der Waals surface area contributed by atoms with Crippen molar-refractivity contribution in [1.82, 2.24) is 10.2 Å². The number of nitrogens with zero attached hydrogens (tertiary/aromatic N) is 1. The number of hydrogen-bond acceptors (Lipinski definition) is 2. The van der Waals surface area contributed by atoms with Crippen molar-refractivity contribution in [3.05, 3.63) is 0 Å². The van der Waals surface area contributed by atoms with E-state index in [-0.39, 0.29) is 5.41 Å². The van der Waals surface area contributed by atoms with Crippen molar-refractivity contribution in [1.29, 1.82) is 0 Å². The number of fused-ring (bicyclic) bond motifs is 2. The predicted molar refractivity (Wildman–Crippen MR) is 60.5 cm³/mol. The van der Waals surface area contributed by atoms with Gasteiger partial charge in [-0.1, -0.05) is 20.8 Å². The number of carbonyl (C=O) groups is 1. The van der Waals surface area contributed by atoms with Gasteiger partial charge in [-0.15, -0.1) is 0 Å². The summed E-state index contributed by atoms with van der Waals surface area (Å²) in [6, 6.07) is 0. The van der Waals surface area contributed by atoms with Gasteiger partial charge in [0, 0.05) is 18.5 Å². The van der Waals surface area contributed by atoms with Gasteiger partial charge in [-0.05, 0) is 31.3 Å². The van der Waals surface area contributed by atoms with Gasteiger partial charge in [0.25, 0.3) is 0 Å². The second-order valence-electron chi connectivity index (χ2n) is 6.09. The second kappa shape index (κ2) is 3.78. The molecule has 1 N–H and O–H groups in total. The Labute approximate surface area is 92.2 Å². The van der Waals surface area contributed by atoms with Gasteiger partial charge in [0.2, 0.25) is 5.91 Å². The average Bonchev–Trinajstić information content (AvgIpc) is 2.14. The lowest BCUT2D eigenvalue weighted by Crippen LogP contribution is -2.54. The van der Waals surface area contributed by atoms with Gasteiger partial charge < -0.3 is 10.2 Å². The number of piperidine rings is 2. The van der Waals surface area contributed by atoms with Crippen LogP contribution in [-0.2, 0) is 4.79 Å². The fourth-order valence-electron chi connectivity index (χ4n) is 2.75. The number of nitrogens with one attached hydrogen (secondary N) is 1. The van der Waals surface area contributed by atoms with Gasteiger partial charge in [0.05, 0.1) is 0 Å². The molecule has 15 heavy (non-hydrogen) atoms. The van der Waals surface area contributed by atoms with E-state index < -0.39 is 0 Å². The predicted octanol–water partition coefficient (Wildman–Crippen LogP) is 1.10. The number of hydrogen-bond donors (Lipinski definition) is 1. The van der Waals surface area contributed by atoms with Crippen molar-refractivity contribution in [2.24, 2.45) is 17.3 Å². The lowest BCUT2D eigenvalue weighted by atomic mass is 9.84. The molecule has 1 amide bonds. The van der Waals surface area contributed by atoms with Crippen molar-refractivity contribution < 1.29 is 4.79 Å². The van der Waals surface area contributed by atoms with Crippen LogP contribution in [0.3, 0.4) is 0 Å². The number of rotatable bonds is 0. The van der Waals surface area contributed by atoms with E-state index in [2.05, 4.69) is 10.2 Å². The van der Waals surface area contributed by atoms with E-state index in [4.69, 9.17) is 0 Å². The van der Waals surface area contributed by atoms with E-state index in [1.54, 1.807) is 0 Å². The largest absolute Gasteiger partial charge is 0.342 e. The van der Waals surface area contributed by atoms with E-state index in [1.807, 2.05) is 20.8 Å². The maximum Gasteiger partial charge on any atom is 0.227 e. The maximum absolute atomic E-state index is 12.2. The molecule has 2 fully saturated rings. The number of carbonyl (C=O) groups excluding carboxylic acids is 1. The standard InChI is InChI=1S/C12H22N2O/c1-12(2,3)11(15)14-7-9-4-10(8-14)6-13-5-9/h9-10,13H,4-8H2,1-3H3. The highest BCUT2D eigenvalue weighted by Crippen LogP contribution is 2.27. The fraction of sp³-hybridized carbons (Fsp3) is 0.917. The first-order valence-corrected chi connectivity index (χ1v) is 5.97. The Morgan fingerprint density at radius 3 is 2.20 bits per heavy atom. The molecule has 2 bridgehead atoms. The fourth-order valence-corrected chi connectivity index (χ4v) is 2.75. The van der Waals surface area contributed by atoms with Gasteiger partial charge in [-0.25, -0.2) is 0 Å². The zero-order valence-corrected chi connectivity index (χ0v) is 10.0. The molecule has 0 aromatic carbocycles. The zero-order valence-electron chi connectivity index (χ0n) is 10.0. The van der Waals surface area contributed by atoms with E-state index in [9.17, 15) is 4.79 Å². The summed E-state index contributed by atoms with van der Waals surface area (Å²) in [6.45, 7) is 10.1. The van der Waals surface area contributed by atoms with Crippen LogP contribution in [-0.4, -0.2) is 37.0 Å². The van der Waals surface area contributed by atoms with Gasteiger partial charge in [0.1, 0.15) is 0 Å². The molecule has 2 aliphatic heterocycles. The van der Waals surface area contributed by atoms with Crippen LogP contribution in [0.25, 0.3) is 0 Å². The van der Waals surface area contributed by atoms with Crippen LogP contribution in [0.5, 0.6) is 0 Å². The topological polar surface area (TPSA) is 32.3 Å². The zero-order chi connectivity index (χ0) is 11.1. The van der Waals surface area contributed by atoms with Crippen LogP contribution in [0.15, 0.2) is 0 Å². The third kappa shape index (κ3) is 2.33. The molecular weight excluding hydrogens is 188 g/mol. The minimum atomic E-state index is -0.223. The maximum atomic E-state index is 12.2. The van der Waals surface area contributed by atoms with Crippen LogP contribution in [0.1, 0.15) is 27.2 Å². The molecule has 0 radical (unpaired) electrons. The van der Waals surface area contributed by atoms with E-state index in [0.29, 0.717) is 17.7 Å². The highest BCUT2D eigenvalue weighted by atomic mass is 16.2. The van der Waals surface area contributed by atoms with Gasteiger partial charge in [-0.2, -0.15) is 0 Å². The summed E-state index contributed by atoms with van der Waals surface area (Å²) < 4.78 is 0. The molecule has 2 saturated heterocycles. The molecule has 86 valence electrons. The molecule has 0 saturated carbocycles. The molecule has 0 aromatic rings. The van der Waals surface area contributed by atoms with Crippen molar-refractivity contribution in [2.75, 3.05) is 26.2 Å². The summed E-state index contributed by atoms with van der Waals surface area (Å²) >= 11 is 0. The number of likely N-dealkylation sites (tertiary alicyclic amines) is 1. The van der Waals surface area contributed by atoms with Crippen molar-refractivity contribution >= 4 is 5.91 Å². The molecule has 0 aliphatic carbocycles. The van der Waals surface area contributed by atoms with Crippen LogP contribution >= 0.6 is 0 Å². The second-order valence-corrected chi connectivity index (χ2v) is 6.09. The first kappa shape index (κ1) is 10.9. The Morgan fingerprint density at radius 1 is 1.20 bits per heavy atom. The van der Waals surface area contributed by atoms with Crippen LogP contribution in [0, 0.1) is 17.3 Å². The SMILES string of the molecule is CC(C)(C)C(=O)N1CC2CNCC(C2)C1. The Balaban J connectivity index is 2.02. The van der Waals surface area contributed by atoms with E-state index >= 15 is 0 Å². The molecule has 3 heteroatoms. The van der Waals surface area contributed by atoms with Crippen LogP contribution in [0.4, 0.5) is 0 Å². The number of amides is 1. The summed E-state index contributed by atoms with van der Waals surface area (Å²) in [6.07, 6.45) is 1.31. The smallest absolute Gasteiger partial charge is 0.227 e. The molecule has 2 rings (SSSR count). The molecule has 2 unspecified atom stereocenters. The Kier molecular flexibility index (Phi) is 2.75. The van der Waals surface area contributed by atoms with Crippen molar-refractivity contribution in [3.8, 4) is 0 Å². The van der Waals surface area contributed by atoms with Crippen molar-refractivity contribution in [2.45, 2.75) is 27.2 Å². The summed E-state index contributed by atoms with van der Waals surface area (Å²) in [5.74, 6) is 1.69. The lowest BCUT2D eigenvalue weighted by Gasteiger charge is -2.43. The van der Waals surface area contributed by atoms with E-state index in [1.165, 1.54) is 6.42 Å². The summed E-state index contributed by atoms with van der Waals surface area (Å²) in [7, 11) is 0. The normalized spacial score (nSPS) is 31.5. The van der Waals surface area contributed by atoms with Crippen molar-refractivity contribution in [3.63, 3.8) is 0 Å². The minimum Gasteiger partial charge on any atom is -0.342 e. The van der Waals surface area contributed by atoms with Gasteiger partial charge in [0.15, 0.2) is 0 Å². The molecule has 0 aromatic heterocycles. The van der Waals surface area contributed by atoms with E-state index in [0.717, 1.165) is 26.2 Å². The first-order valence-electron chi connectivity index (χ1n) is 5.97. The first-order chi connectivity index (χ1) is 6.97. The third-order valence-corrected chi connectivity index (χ3v) is 3.42. The molecule has 2 heterocycles. The van der Waals surface area contributed by atoms with Crippen LogP contribution < -0.4 is 5.32 Å². The Bertz CT molecular complexity index is 245. The molecule has 2 aliphatic rings. The molecular formula is C12H22N2O. The molecule has 2 atom stereocenters. The highest BCUT2D eigenvalue weighted by molar-refractivity contribution is 5.81. The Morgan fingerprint density at radius 2 is 1.73 bits per heavy atom. The molecule has 0 spiro atoms. The Hall–Kier alpha value is -0.570. The summed E-state index contributed by atoms with van der Waals surface area (Å²) in [5, 5.41) is 3.45. The summed E-state index contributed by atoms with van der Waals surface area (Å²) in [5.41, 5.74) is -0.223. The summed E-state index contributed by atoms with van der Waals surface area (Å²) in [4.78, 5) is 14.2. The highest BCUT2D eigenvalue weighted by Gasteiger charge is 2.36. The van der Waals surface area contributed by atoms with Gasteiger partial charge in [-0.3, -0.25) is 4.79 Å². The van der Waals surface area contributed by atoms with Crippen LogP contribution in [0.2, 0.25) is 0 Å². The lowest BCUT2D eigenvalue weighted by molar-refractivity contribution is -0.143. The quantitative estimate of drug-likeness (QED) is 0.649. The average molecular weight is 210 g/mol. The third-order valence-electron chi connectivity index (χ3n) is 3.42. The monoisotopic (exact) mass is 210 g/mol. The molecule has 3 nitrogen and oxygen atoms in total.